The predicted molar refractivity (Wildman–Crippen MR) is 117 cm³/mol. The van der Waals surface area contributed by atoms with Crippen LogP contribution in [0, 0.1) is 0 Å². The number of carbonyl (C=O) groups excluding carboxylic acids is 3. The summed E-state index contributed by atoms with van der Waals surface area (Å²) in [7, 11) is 0. The Morgan fingerprint density at radius 1 is 1.13 bits per heavy atom. The highest BCUT2D eigenvalue weighted by Gasteiger charge is 2.36. The van der Waals surface area contributed by atoms with Gasteiger partial charge in [-0.15, -0.1) is 0 Å². The summed E-state index contributed by atoms with van der Waals surface area (Å²) < 4.78 is 12.0. The van der Waals surface area contributed by atoms with Gasteiger partial charge >= 0.3 is 0 Å². The highest BCUT2D eigenvalue weighted by Crippen LogP contribution is 2.33. The van der Waals surface area contributed by atoms with Crippen LogP contribution in [0.1, 0.15) is 5.76 Å². The molecule has 0 unspecified atom stereocenters. The van der Waals surface area contributed by atoms with Gasteiger partial charge in [0.2, 0.25) is 5.91 Å². The van der Waals surface area contributed by atoms with Crippen molar-refractivity contribution in [3.63, 3.8) is 0 Å². The van der Waals surface area contributed by atoms with Gasteiger partial charge in [-0.1, -0.05) is 15.9 Å². The van der Waals surface area contributed by atoms with Crippen molar-refractivity contribution in [2.75, 3.05) is 43.1 Å². The third-order valence-corrected chi connectivity index (χ3v) is 5.95. The first-order chi connectivity index (χ1) is 14.5. The zero-order valence-corrected chi connectivity index (χ0v) is 18.2. The maximum absolute atomic E-state index is 12.6. The van der Waals surface area contributed by atoms with Gasteiger partial charge in [0.05, 0.1) is 18.1 Å². The number of anilines is 2. The van der Waals surface area contributed by atoms with Gasteiger partial charge in [-0.3, -0.25) is 19.3 Å². The second-order valence-corrected chi connectivity index (χ2v) is 8.51. The zero-order chi connectivity index (χ0) is 21.1. The van der Waals surface area contributed by atoms with Crippen LogP contribution < -0.4 is 10.2 Å². The van der Waals surface area contributed by atoms with Gasteiger partial charge in [-0.25, -0.2) is 0 Å². The van der Waals surface area contributed by atoms with Crippen molar-refractivity contribution in [1.82, 2.24) is 4.90 Å². The molecule has 2 aliphatic heterocycles. The Bertz CT molecular complexity index is 998. The fourth-order valence-electron chi connectivity index (χ4n) is 3.02. The molecule has 8 nitrogen and oxygen atoms in total. The molecule has 1 aromatic carbocycles. The predicted octanol–water partition coefficient (Wildman–Crippen LogP) is 3.55. The van der Waals surface area contributed by atoms with Crippen molar-refractivity contribution >= 4 is 62.4 Å². The van der Waals surface area contributed by atoms with E-state index in [1.165, 1.54) is 6.08 Å². The lowest BCUT2D eigenvalue weighted by molar-refractivity contribution is -0.127. The second-order valence-electron chi connectivity index (χ2n) is 6.60. The first-order valence-electron chi connectivity index (χ1n) is 9.23. The molecule has 156 valence electrons. The highest BCUT2D eigenvalue weighted by atomic mass is 79.9. The lowest BCUT2D eigenvalue weighted by Gasteiger charge is -2.26. The number of rotatable bonds is 5. The Kier molecular flexibility index (Phi) is 6.26. The van der Waals surface area contributed by atoms with Crippen molar-refractivity contribution in [1.29, 1.82) is 0 Å². The van der Waals surface area contributed by atoms with Crippen molar-refractivity contribution in [2.24, 2.45) is 0 Å². The standard InChI is InChI=1S/C20H18BrN3O5S/c21-13-1-3-14(4-2-13)22-17(25)12-24-19(26)16(30-20(24)27)11-15-5-6-18(29-15)23-7-9-28-10-8-23/h1-6,11H,7-10,12H2,(H,22,25)/b16-11-. The molecule has 0 radical (unpaired) electrons. The second kappa shape index (κ2) is 9.07. The van der Waals surface area contributed by atoms with Gasteiger partial charge in [0.1, 0.15) is 12.3 Å². The molecular formula is C20H18BrN3O5S. The van der Waals surface area contributed by atoms with E-state index in [2.05, 4.69) is 26.1 Å². The Morgan fingerprint density at radius 2 is 1.87 bits per heavy atom. The van der Waals surface area contributed by atoms with Crippen LogP contribution in [0.4, 0.5) is 16.4 Å². The van der Waals surface area contributed by atoms with E-state index in [9.17, 15) is 14.4 Å². The average Bonchev–Trinajstić information content (AvgIpc) is 3.31. The molecule has 0 saturated carbocycles. The van der Waals surface area contributed by atoms with Gasteiger partial charge in [-0.05, 0) is 42.1 Å². The number of ether oxygens (including phenoxy) is 1. The van der Waals surface area contributed by atoms with Gasteiger partial charge in [0, 0.05) is 35.4 Å². The van der Waals surface area contributed by atoms with Crippen molar-refractivity contribution in [2.45, 2.75) is 0 Å². The highest BCUT2D eigenvalue weighted by molar-refractivity contribution is 9.10. The van der Waals surface area contributed by atoms with Crippen LogP contribution >= 0.6 is 27.7 Å². The zero-order valence-electron chi connectivity index (χ0n) is 15.8. The third-order valence-electron chi connectivity index (χ3n) is 4.51. The summed E-state index contributed by atoms with van der Waals surface area (Å²) in [5.41, 5.74) is 0.581. The summed E-state index contributed by atoms with van der Waals surface area (Å²) >= 11 is 4.11. The minimum absolute atomic E-state index is 0.222. The molecule has 2 fully saturated rings. The number of hydrogen-bond acceptors (Lipinski definition) is 7. The lowest BCUT2D eigenvalue weighted by Crippen LogP contribution is -2.36. The van der Waals surface area contributed by atoms with E-state index in [0.29, 0.717) is 30.5 Å². The van der Waals surface area contributed by atoms with Crippen molar-refractivity contribution < 1.29 is 23.5 Å². The molecule has 10 heteroatoms. The normalized spacial score (nSPS) is 18.4. The minimum atomic E-state index is -0.514. The fraction of sp³-hybridized carbons (Fsp3) is 0.250. The number of benzene rings is 1. The van der Waals surface area contributed by atoms with E-state index in [-0.39, 0.29) is 11.4 Å². The Labute approximate surface area is 185 Å². The average molecular weight is 492 g/mol. The van der Waals surface area contributed by atoms with Crippen LogP contribution in [-0.4, -0.2) is 54.8 Å². The molecule has 2 aliphatic rings. The molecule has 2 aromatic rings. The van der Waals surface area contributed by atoms with E-state index in [4.69, 9.17) is 9.15 Å². The summed E-state index contributed by atoms with van der Waals surface area (Å²) in [5, 5.41) is 2.18. The van der Waals surface area contributed by atoms with Gasteiger partial charge in [0.15, 0.2) is 5.88 Å². The monoisotopic (exact) mass is 491 g/mol. The molecule has 2 saturated heterocycles. The van der Waals surface area contributed by atoms with E-state index < -0.39 is 17.1 Å². The summed E-state index contributed by atoms with van der Waals surface area (Å²) in [6.45, 7) is 2.39. The number of nitrogens with zero attached hydrogens (tertiary/aromatic N) is 2. The maximum Gasteiger partial charge on any atom is 0.294 e. The summed E-state index contributed by atoms with van der Waals surface area (Å²) in [6, 6.07) is 10.6. The van der Waals surface area contributed by atoms with E-state index >= 15 is 0 Å². The Morgan fingerprint density at radius 3 is 2.60 bits per heavy atom. The molecule has 0 atom stereocenters. The minimum Gasteiger partial charge on any atom is -0.441 e. The number of furan rings is 1. The van der Waals surface area contributed by atoms with Gasteiger partial charge < -0.3 is 19.4 Å². The van der Waals surface area contributed by atoms with E-state index in [1.807, 2.05) is 6.07 Å². The quantitative estimate of drug-likeness (QED) is 0.639. The molecule has 0 spiro atoms. The topological polar surface area (TPSA) is 92.1 Å². The van der Waals surface area contributed by atoms with Crippen LogP contribution in [-0.2, 0) is 14.3 Å². The first-order valence-corrected chi connectivity index (χ1v) is 10.8. The maximum atomic E-state index is 12.6. The molecule has 30 heavy (non-hydrogen) atoms. The fourth-order valence-corrected chi connectivity index (χ4v) is 4.10. The molecule has 0 aliphatic carbocycles. The summed E-state index contributed by atoms with van der Waals surface area (Å²) in [5.74, 6) is 0.202. The number of halogens is 1. The van der Waals surface area contributed by atoms with Crippen LogP contribution in [0.25, 0.3) is 6.08 Å². The Balaban J connectivity index is 1.40. The van der Waals surface area contributed by atoms with E-state index in [0.717, 1.165) is 34.2 Å². The SMILES string of the molecule is O=C(CN1C(=O)S/C(=C\c2ccc(N3CCOCC3)o2)C1=O)Nc1ccc(Br)cc1. The molecule has 3 amide bonds. The lowest BCUT2D eigenvalue weighted by atomic mass is 10.3. The van der Waals surface area contributed by atoms with Gasteiger partial charge in [-0.2, -0.15) is 0 Å². The Hall–Kier alpha value is -2.56. The van der Waals surface area contributed by atoms with Crippen molar-refractivity contribution in [3.8, 4) is 0 Å². The number of carbonyl (C=O) groups is 3. The number of amides is 3. The molecule has 1 N–H and O–H groups in total. The largest absolute Gasteiger partial charge is 0.441 e. The third kappa shape index (κ3) is 4.77. The van der Waals surface area contributed by atoms with Gasteiger partial charge in [0.25, 0.3) is 11.1 Å². The number of thioether (sulfide) groups is 1. The number of morpholine rings is 1. The molecule has 1 aromatic heterocycles. The summed E-state index contributed by atoms with van der Waals surface area (Å²) in [4.78, 5) is 40.3. The molecule has 0 bridgehead atoms. The van der Waals surface area contributed by atoms with Crippen molar-refractivity contribution in [3.05, 3.63) is 51.5 Å². The number of imide groups is 1. The smallest absolute Gasteiger partial charge is 0.294 e. The number of nitrogens with one attached hydrogen (secondary N) is 1. The first kappa shape index (κ1) is 20.7. The van der Waals surface area contributed by atoms with E-state index in [1.54, 1.807) is 30.3 Å². The molecule has 4 rings (SSSR count). The van der Waals surface area contributed by atoms with Crippen LogP contribution in [0.5, 0.6) is 0 Å². The molecule has 3 heterocycles. The van der Waals surface area contributed by atoms with Crippen LogP contribution in [0.2, 0.25) is 0 Å². The van der Waals surface area contributed by atoms with Crippen LogP contribution in [0.3, 0.4) is 0 Å². The molecular weight excluding hydrogens is 474 g/mol. The van der Waals surface area contributed by atoms with Crippen LogP contribution in [0.15, 0.2) is 50.2 Å². The summed E-state index contributed by atoms with van der Waals surface area (Å²) in [6.07, 6.45) is 1.53. The number of hydrogen-bond donors (Lipinski definition) is 1.